The second kappa shape index (κ2) is 9.91. The van der Waals surface area contributed by atoms with Crippen LogP contribution in [0.15, 0.2) is 24.3 Å². The summed E-state index contributed by atoms with van der Waals surface area (Å²) >= 11 is 0. The first-order valence-corrected chi connectivity index (χ1v) is 8.44. The fraction of sp³-hybridized carbons (Fsp3) is 0.611. The number of carbonyl (C=O) groups is 1. The molecule has 0 spiro atoms. The lowest BCUT2D eigenvalue weighted by Gasteiger charge is -2.27. The molecular formula is C18H30ClN3O. The summed E-state index contributed by atoms with van der Waals surface area (Å²) in [5.74, 6) is 0.595. The van der Waals surface area contributed by atoms with Gasteiger partial charge in [-0.15, -0.1) is 12.4 Å². The Morgan fingerprint density at radius 1 is 1.35 bits per heavy atom. The predicted octanol–water partition coefficient (Wildman–Crippen LogP) is 3.24. The van der Waals surface area contributed by atoms with Gasteiger partial charge in [0.1, 0.15) is 0 Å². The molecule has 5 heteroatoms. The molecule has 130 valence electrons. The van der Waals surface area contributed by atoms with Crippen molar-refractivity contribution in [1.82, 2.24) is 10.2 Å². The highest BCUT2D eigenvalue weighted by Gasteiger charge is 2.23. The molecule has 1 fully saturated rings. The van der Waals surface area contributed by atoms with Crippen LogP contribution in [-0.2, 0) is 4.79 Å². The van der Waals surface area contributed by atoms with E-state index in [9.17, 15) is 4.79 Å². The van der Waals surface area contributed by atoms with Gasteiger partial charge >= 0.3 is 0 Å². The second-order valence-corrected chi connectivity index (χ2v) is 6.44. The van der Waals surface area contributed by atoms with E-state index in [0.717, 1.165) is 38.2 Å². The fourth-order valence-corrected chi connectivity index (χ4v) is 2.97. The minimum Gasteiger partial charge on any atom is -0.325 e. The van der Waals surface area contributed by atoms with Crippen molar-refractivity contribution < 1.29 is 4.79 Å². The minimum absolute atomic E-state index is 0. The van der Waals surface area contributed by atoms with Gasteiger partial charge in [0.05, 0.1) is 6.54 Å². The van der Waals surface area contributed by atoms with Gasteiger partial charge in [-0.25, -0.2) is 0 Å². The van der Waals surface area contributed by atoms with Crippen molar-refractivity contribution in [1.29, 1.82) is 0 Å². The molecule has 1 aliphatic heterocycles. The van der Waals surface area contributed by atoms with Gasteiger partial charge < -0.3 is 10.6 Å². The lowest BCUT2D eigenvalue weighted by molar-refractivity contribution is -0.117. The maximum absolute atomic E-state index is 12.3. The molecule has 0 bridgehead atoms. The number of amides is 1. The molecule has 1 atom stereocenters. The largest absolute Gasteiger partial charge is 0.325 e. The number of rotatable bonds is 7. The van der Waals surface area contributed by atoms with Crippen LogP contribution in [0.2, 0.25) is 0 Å². The van der Waals surface area contributed by atoms with Crippen molar-refractivity contribution in [3.63, 3.8) is 0 Å². The first-order chi connectivity index (χ1) is 10.6. The predicted molar refractivity (Wildman–Crippen MR) is 99.5 cm³/mol. The highest BCUT2D eigenvalue weighted by molar-refractivity contribution is 5.92. The van der Waals surface area contributed by atoms with Gasteiger partial charge in [0, 0.05) is 18.3 Å². The normalized spacial score (nSPS) is 17.3. The number of nitrogens with one attached hydrogen (secondary N) is 2. The molecule has 0 aliphatic carbocycles. The third-order valence-corrected chi connectivity index (χ3v) is 4.27. The monoisotopic (exact) mass is 339 g/mol. The molecule has 1 aromatic rings. The highest BCUT2D eigenvalue weighted by Crippen LogP contribution is 2.17. The molecule has 0 saturated carbocycles. The Morgan fingerprint density at radius 2 is 2.04 bits per heavy atom. The molecule has 0 aromatic heterocycles. The topological polar surface area (TPSA) is 44.4 Å². The molecule has 0 radical (unpaired) electrons. The highest BCUT2D eigenvalue weighted by atomic mass is 35.5. The van der Waals surface area contributed by atoms with Crippen molar-refractivity contribution in [2.45, 2.75) is 45.6 Å². The van der Waals surface area contributed by atoms with E-state index in [1.165, 1.54) is 5.56 Å². The molecule has 2 rings (SSSR count). The van der Waals surface area contributed by atoms with E-state index in [2.05, 4.69) is 48.4 Å². The average Bonchev–Trinajstić information content (AvgIpc) is 3.01. The lowest BCUT2D eigenvalue weighted by Crippen LogP contribution is -2.42. The maximum atomic E-state index is 12.3. The van der Waals surface area contributed by atoms with Crippen molar-refractivity contribution in [3.05, 3.63) is 29.8 Å². The summed E-state index contributed by atoms with van der Waals surface area (Å²) in [6, 6.07) is 8.66. The zero-order chi connectivity index (χ0) is 15.9. The number of halogens is 1. The molecule has 2 N–H and O–H groups in total. The molecule has 4 nitrogen and oxygen atoms in total. The van der Waals surface area contributed by atoms with Crippen LogP contribution in [0.4, 0.5) is 5.69 Å². The summed E-state index contributed by atoms with van der Waals surface area (Å²) in [4.78, 5) is 14.6. The molecule has 1 aromatic carbocycles. The number of carbonyl (C=O) groups excluding carboxylic acids is 1. The average molecular weight is 340 g/mol. The van der Waals surface area contributed by atoms with Crippen molar-refractivity contribution in [3.8, 4) is 0 Å². The summed E-state index contributed by atoms with van der Waals surface area (Å²) in [6.07, 6.45) is 2.21. The van der Waals surface area contributed by atoms with Crippen LogP contribution in [0.1, 0.15) is 45.1 Å². The molecule has 1 aliphatic rings. The maximum Gasteiger partial charge on any atom is 0.238 e. The summed E-state index contributed by atoms with van der Waals surface area (Å²) in [6.45, 7) is 10.0. The number of hydrogen-bond donors (Lipinski definition) is 2. The molecule has 1 unspecified atom stereocenters. The summed E-state index contributed by atoms with van der Waals surface area (Å²) in [5.41, 5.74) is 2.18. The Hall–Kier alpha value is -1.10. The van der Waals surface area contributed by atoms with Crippen LogP contribution in [0, 0.1) is 0 Å². The van der Waals surface area contributed by atoms with Crippen molar-refractivity contribution >= 4 is 24.0 Å². The van der Waals surface area contributed by atoms with Gasteiger partial charge in [-0.1, -0.05) is 32.9 Å². The van der Waals surface area contributed by atoms with E-state index in [4.69, 9.17) is 0 Å². The van der Waals surface area contributed by atoms with Gasteiger partial charge in [0.15, 0.2) is 0 Å². The number of benzene rings is 1. The van der Waals surface area contributed by atoms with Gasteiger partial charge in [0.25, 0.3) is 0 Å². The first kappa shape index (κ1) is 19.9. The third-order valence-electron chi connectivity index (χ3n) is 4.27. The molecule has 23 heavy (non-hydrogen) atoms. The number of anilines is 1. The van der Waals surface area contributed by atoms with Crippen LogP contribution < -0.4 is 10.6 Å². The van der Waals surface area contributed by atoms with Gasteiger partial charge in [-0.3, -0.25) is 9.69 Å². The SMILES string of the molecule is CCCN(CC(=O)Nc1ccc(C(C)C)cc1)C1CCNC1.Cl. The smallest absolute Gasteiger partial charge is 0.238 e. The zero-order valence-corrected chi connectivity index (χ0v) is 15.3. The van der Waals surface area contributed by atoms with Crippen molar-refractivity contribution in [2.24, 2.45) is 0 Å². The van der Waals surface area contributed by atoms with E-state index in [1.54, 1.807) is 0 Å². The van der Waals surface area contributed by atoms with E-state index < -0.39 is 0 Å². The summed E-state index contributed by atoms with van der Waals surface area (Å²) in [7, 11) is 0. The third kappa shape index (κ3) is 6.13. The molecular weight excluding hydrogens is 310 g/mol. The molecule has 1 saturated heterocycles. The quantitative estimate of drug-likeness (QED) is 0.801. The van der Waals surface area contributed by atoms with Crippen LogP contribution in [0.25, 0.3) is 0 Å². The van der Waals surface area contributed by atoms with Crippen LogP contribution in [0.5, 0.6) is 0 Å². The van der Waals surface area contributed by atoms with Gasteiger partial charge in [0.2, 0.25) is 5.91 Å². The van der Waals surface area contributed by atoms with E-state index in [0.29, 0.717) is 18.5 Å². The van der Waals surface area contributed by atoms with Crippen LogP contribution in [0.3, 0.4) is 0 Å². The van der Waals surface area contributed by atoms with Crippen LogP contribution >= 0.6 is 12.4 Å². The van der Waals surface area contributed by atoms with Crippen LogP contribution in [-0.4, -0.2) is 43.0 Å². The number of hydrogen-bond acceptors (Lipinski definition) is 3. The van der Waals surface area contributed by atoms with E-state index in [1.807, 2.05) is 12.1 Å². The van der Waals surface area contributed by atoms with Gasteiger partial charge in [-0.05, 0) is 49.5 Å². The number of nitrogens with zero attached hydrogens (tertiary/aromatic N) is 1. The Balaban J connectivity index is 0.00000264. The molecule has 1 amide bonds. The van der Waals surface area contributed by atoms with E-state index in [-0.39, 0.29) is 18.3 Å². The Labute approximate surface area is 146 Å². The summed E-state index contributed by atoms with van der Waals surface area (Å²) < 4.78 is 0. The summed E-state index contributed by atoms with van der Waals surface area (Å²) in [5, 5.41) is 6.40. The zero-order valence-electron chi connectivity index (χ0n) is 14.5. The fourth-order valence-electron chi connectivity index (χ4n) is 2.97. The lowest BCUT2D eigenvalue weighted by atomic mass is 10.0. The minimum atomic E-state index is 0. The van der Waals surface area contributed by atoms with Gasteiger partial charge in [-0.2, -0.15) is 0 Å². The molecule has 1 heterocycles. The second-order valence-electron chi connectivity index (χ2n) is 6.44. The Morgan fingerprint density at radius 3 is 2.57 bits per heavy atom. The standard InChI is InChI=1S/C18H29N3O.ClH/c1-4-11-21(17-9-10-19-12-17)13-18(22)20-16-7-5-15(6-8-16)14(2)3;/h5-8,14,17,19H,4,9-13H2,1-3H3,(H,20,22);1H. The van der Waals surface area contributed by atoms with Crippen molar-refractivity contribution in [2.75, 3.05) is 31.5 Å². The Bertz CT molecular complexity index is 470. The Kier molecular flexibility index (Phi) is 8.59. The van der Waals surface area contributed by atoms with E-state index >= 15 is 0 Å². The first-order valence-electron chi connectivity index (χ1n) is 8.44.